The predicted molar refractivity (Wildman–Crippen MR) is 93.2 cm³/mol. The maximum absolute atomic E-state index is 12.1. The number of hydrogen-bond acceptors (Lipinski definition) is 1. The van der Waals surface area contributed by atoms with Gasteiger partial charge in [0, 0.05) is 12.1 Å². The van der Waals surface area contributed by atoms with E-state index in [1.807, 2.05) is 31.2 Å². The second-order valence-corrected chi connectivity index (χ2v) is 6.42. The van der Waals surface area contributed by atoms with Crippen molar-refractivity contribution in [3.8, 4) is 0 Å². The molecule has 1 N–H and O–H groups in total. The van der Waals surface area contributed by atoms with E-state index in [4.69, 9.17) is 0 Å². The summed E-state index contributed by atoms with van der Waals surface area (Å²) < 4.78 is 0. The number of anilines is 1. The maximum Gasteiger partial charge on any atom is 0.224 e. The zero-order valence-corrected chi connectivity index (χ0v) is 13.9. The highest BCUT2D eigenvalue weighted by molar-refractivity contribution is 5.90. The number of benzene rings is 2. The van der Waals surface area contributed by atoms with Crippen molar-refractivity contribution in [2.75, 3.05) is 5.32 Å². The van der Waals surface area contributed by atoms with Gasteiger partial charge >= 0.3 is 0 Å². The van der Waals surface area contributed by atoms with E-state index in [1.54, 1.807) is 0 Å². The quantitative estimate of drug-likeness (QED) is 0.842. The third-order valence-corrected chi connectivity index (χ3v) is 3.73. The Labute approximate surface area is 133 Å². The Morgan fingerprint density at radius 3 is 2.14 bits per heavy atom. The van der Waals surface area contributed by atoms with Crippen molar-refractivity contribution in [1.29, 1.82) is 0 Å². The summed E-state index contributed by atoms with van der Waals surface area (Å²) in [4.78, 5) is 12.1. The lowest BCUT2D eigenvalue weighted by atomic mass is 9.95. The van der Waals surface area contributed by atoms with Gasteiger partial charge in [-0.2, -0.15) is 0 Å². The molecule has 0 heterocycles. The van der Waals surface area contributed by atoms with E-state index >= 15 is 0 Å². The molecular weight excluding hydrogens is 270 g/mol. The van der Waals surface area contributed by atoms with Crippen LogP contribution < -0.4 is 5.32 Å². The molecule has 0 aliphatic heterocycles. The molecule has 1 unspecified atom stereocenters. The average Bonchev–Trinajstić information content (AvgIpc) is 2.39. The minimum Gasteiger partial charge on any atom is -0.326 e. The molecule has 116 valence electrons. The Kier molecular flexibility index (Phi) is 5.37. The van der Waals surface area contributed by atoms with Gasteiger partial charge in [0.25, 0.3) is 0 Å². The Bertz CT molecular complexity index is 623. The van der Waals surface area contributed by atoms with E-state index < -0.39 is 0 Å². The fourth-order valence-electron chi connectivity index (χ4n) is 2.83. The van der Waals surface area contributed by atoms with Crippen molar-refractivity contribution in [1.82, 2.24) is 0 Å². The number of amides is 1. The van der Waals surface area contributed by atoms with Crippen LogP contribution >= 0.6 is 0 Å². The van der Waals surface area contributed by atoms with E-state index in [-0.39, 0.29) is 5.91 Å². The minimum atomic E-state index is 0.0840. The van der Waals surface area contributed by atoms with Crippen molar-refractivity contribution in [2.24, 2.45) is 5.92 Å². The van der Waals surface area contributed by atoms with Crippen molar-refractivity contribution >= 4 is 11.6 Å². The summed E-state index contributed by atoms with van der Waals surface area (Å²) in [7, 11) is 0. The highest BCUT2D eigenvalue weighted by atomic mass is 16.1. The van der Waals surface area contributed by atoms with Crippen molar-refractivity contribution < 1.29 is 4.79 Å². The van der Waals surface area contributed by atoms with Crippen LogP contribution in [0.2, 0.25) is 0 Å². The van der Waals surface area contributed by atoms with Gasteiger partial charge in [0.2, 0.25) is 5.91 Å². The fraction of sp³-hybridized carbons (Fsp3) is 0.350. The summed E-state index contributed by atoms with van der Waals surface area (Å²) in [6.45, 7) is 8.40. The molecule has 0 saturated carbocycles. The smallest absolute Gasteiger partial charge is 0.224 e. The molecule has 0 spiro atoms. The molecule has 0 bridgehead atoms. The number of nitrogens with one attached hydrogen (secondary N) is 1. The van der Waals surface area contributed by atoms with E-state index in [2.05, 4.69) is 44.3 Å². The summed E-state index contributed by atoms with van der Waals surface area (Å²) in [5.41, 5.74) is 5.95. The molecule has 0 aliphatic rings. The minimum absolute atomic E-state index is 0.0840. The van der Waals surface area contributed by atoms with Crippen molar-refractivity contribution in [2.45, 2.75) is 40.5 Å². The summed E-state index contributed by atoms with van der Waals surface area (Å²) in [6, 6.07) is 14.5. The van der Waals surface area contributed by atoms with Crippen LogP contribution in [0.15, 0.2) is 42.5 Å². The Morgan fingerprint density at radius 2 is 1.55 bits per heavy atom. The molecule has 0 fully saturated rings. The number of aryl methyl sites for hydroxylation is 3. The third kappa shape index (κ3) is 5.03. The first-order valence-electron chi connectivity index (χ1n) is 7.86. The lowest BCUT2D eigenvalue weighted by Gasteiger charge is -2.13. The van der Waals surface area contributed by atoms with E-state index in [1.165, 1.54) is 22.3 Å². The molecule has 2 rings (SSSR count). The number of carbonyl (C=O) groups excluding carboxylic acids is 1. The summed E-state index contributed by atoms with van der Waals surface area (Å²) in [5.74, 6) is 0.410. The average molecular weight is 295 g/mol. The fourth-order valence-corrected chi connectivity index (χ4v) is 2.83. The molecule has 1 atom stereocenters. The molecular formula is C20H25NO. The van der Waals surface area contributed by atoms with Gasteiger partial charge in [0.15, 0.2) is 0 Å². The highest BCUT2D eigenvalue weighted by Gasteiger charge is 2.11. The topological polar surface area (TPSA) is 29.1 Å². The first-order valence-corrected chi connectivity index (χ1v) is 7.86. The largest absolute Gasteiger partial charge is 0.326 e. The number of carbonyl (C=O) groups is 1. The third-order valence-electron chi connectivity index (χ3n) is 3.73. The van der Waals surface area contributed by atoms with Crippen LogP contribution in [0.25, 0.3) is 0 Å². The second kappa shape index (κ2) is 7.26. The summed E-state index contributed by atoms with van der Waals surface area (Å²) in [6.07, 6.45) is 1.48. The molecule has 2 aromatic rings. The number of rotatable bonds is 5. The standard InChI is InChI=1S/C20H25NO/c1-14-5-7-19(8-6-14)21-20(22)13-17(4)12-18-10-15(2)9-16(3)11-18/h5-11,17H,12-13H2,1-4H3,(H,21,22). The van der Waals surface area contributed by atoms with Crippen LogP contribution in [0.5, 0.6) is 0 Å². The van der Waals surface area contributed by atoms with E-state index in [0.717, 1.165) is 12.1 Å². The van der Waals surface area contributed by atoms with Gasteiger partial charge in [-0.25, -0.2) is 0 Å². The molecule has 0 radical (unpaired) electrons. The van der Waals surface area contributed by atoms with Crippen LogP contribution in [-0.4, -0.2) is 5.91 Å². The lowest BCUT2D eigenvalue weighted by Crippen LogP contribution is -2.16. The van der Waals surface area contributed by atoms with E-state index in [0.29, 0.717) is 12.3 Å². The maximum atomic E-state index is 12.1. The Hall–Kier alpha value is -2.09. The van der Waals surface area contributed by atoms with Gasteiger partial charge in [0.1, 0.15) is 0 Å². The molecule has 0 aliphatic carbocycles. The summed E-state index contributed by atoms with van der Waals surface area (Å²) in [5, 5.41) is 2.97. The SMILES string of the molecule is Cc1ccc(NC(=O)CC(C)Cc2cc(C)cc(C)c2)cc1. The Morgan fingerprint density at radius 1 is 0.955 bits per heavy atom. The molecule has 2 heteroatoms. The molecule has 0 aromatic heterocycles. The lowest BCUT2D eigenvalue weighted by molar-refractivity contribution is -0.116. The Balaban J connectivity index is 1.89. The normalized spacial score (nSPS) is 12.0. The second-order valence-electron chi connectivity index (χ2n) is 6.42. The molecule has 2 nitrogen and oxygen atoms in total. The van der Waals surface area contributed by atoms with Gasteiger partial charge < -0.3 is 5.32 Å². The van der Waals surface area contributed by atoms with Crippen molar-refractivity contribution in [3.05, 3.63) is 64.7 Å². The predicted octanol–water partition coefficient (Wildman–Crippen LogP) is 4.82. The van der Waals surface area contributed by atoms with Crippen LogP contribution in [0.3, 0.4) is 0 Å². The molecule has 1 amide bonds. The zero-order chi connectivity index (χ0) is 16.1. The molecule has 22 heavy (non-hydrogen) atoms. The zero-order valence-electron chi connectivity index (χ0n) is 13.9. The summed E-state index contributed by atoms with van der Waals surface area (Å²) >= 11 is 0. The van der Waals surface area contributed by atoms with Gasteiger partial charge in [-0.1, -0.05) is 53.9 Å². The monoisotopic (exact) mass is 295 g/mol. The number of hydrogen-bond donors (Lipinski definition) is 1. The first kappa shape index (κ1) is 16.3. The van der Waals surface area contributed by atoms with E-state index in [9.17, 15) is 4.79 Å². The first-order chi connectivity index (χ1) is 10.4. The van der Waals surface area contributed by atoms with Crippen LogP contribution in [0, 0.1) is 26.7 Å². The molecule has 0 saturated heterocycles. The van der Waals surface area contributed by atoms with Gasteiger partial charge in [0.05, 0.1) is 0 Å². The highest BCUT2D eigenvalue weighted by Crippen LogP contribution is 2.17. The van der Waals surface area contributed by atoms with Crippen LogP contribution in [-0.2, 0) is 11.2 Å². The van der Waals surface area contributed by atoms with Gasteiger partial charge in [-0.3, -0.25) is 4.79 Å². The van der Waals surface area contributed by atoms with Gasteiger partial charge in [-0.05, 0) is 50.8 Å². The van der Waals surface area contributed by atoms with Crippen LogP contribution in [0.1, 0.15) is 35.6 Å². The van der Waals surface area contributed by atoms with Gasteiger partial charge in [-0.15, -0.1) is 0 Å². The van der Waals surface area contributed by atoms with Crippen molar-refractivity contribution in [3.63, 3.8) is 0 Å². The molecule has 2 aromatic carbocycles. The van der Waals surface area contributed by atoms with Crippen LogP contribution in [0.4, 0.5) is 5.69 Å².